The summed E-state index contributed by atoms with van der Waals surface area (Å²) in [5.41, 5.74) is 0. The summed E-state index contributed by atoms with van der Waals surface area (Å²) in [6, 6.07) is 3.49. The average Bonchev–Trinajstić information content (AvgIpc) is 3.05. The highest BCUT2D eigenvalue weighted by molar-refractivity contribution is 5.94. The van der Waals surface area contributed by atoms with E-state index >= 15 is 0 Å². The van der Waals surface area contributed by atoms with Crippen molar-refractivity contribution in [3.63, 3.8) is 0 Å². The highest BCUT2D eigenvalue weighted by atomic mass is 16.3. The summed E-state index contributed by atoms with van der Waals surface area (Å²) in [7, 11) is 0. The first-order valence-electron chi connectivity index (χ1n) is 6.03. The topological polar surface area (TPSA) is 62.6 Å². The number of furan rings is 1. The van der Waals surface area contributed by atoms with E-state index in [1.807, 2.05) is 0 Å². The van der Waals surface area contributed by atoms with Crippen LogP contribution in [0.3, 0.4) is 0 Å². The van der Waals surface area contributed by atoms with Crippen LogP contribution in [0.25, 0.3) is 6.08 Å². The van der Waals surface area contributed by atoms with E-state index in [0.717, 1.165) is 25.9 Å². The molecule has 2 heterocycles. The fourth-order valence-corrected chi connectivity index (χ4v) is 1.84. The van der Waals surface area contributed by atoms with Crippen molar-refractivity contribution in [3.8, 4) is 0 Å². The number of amides is 2. The SMILES string of the molecule is O=C(/C=C/c1ccco1)NCC(=O)N1CCCC1. The zero-order chi connectivity index (χ0) is 12.8. The Kier molecular flexibility index (Phi) is 4.17. The molecule has 0 bridgehead atoms. The Morgan fingerprint density at radius 3 is 2.83 bits per heavy atom. The van der Waals surface area contributed by atoms with Gasteiger partial charge in [-0.1, -0.05) is 0 Å². The molecule has 96 valence electrons. The third-order valence-electron chi connectivity index (χ3n) is 2.81. The monoisotopic (exact) mass is 248 g/mol. The lowest BCUT2D eigenvalue weighted by Crippen LogP contribution is -2.38. The van der Waals surface area contributed by atoms with Gasteiger partial charge in [0.25, 0.3) is 0 Å². The fourth-order valence-electron chi connectivity index (χ4n) is 1.84. The molecule has 0 atom stereocenters. The molecule has 0 unspecified atom stereocenters. The van der Waals surface area contributed by atoms with E-state index in [1.165, 1.54) is 12.3 Å². The van der Waals surface area contributed by atoms with E-state index in [9.17, 15) is 9.59 Å². The minimum atomic E-state index is -0.293. The molecule has 1 N–H and O–H groups in total. The van der Waals surface area contributed by atoms with E-state index in [2.05, 4.69) is 5.32 Å². The molecule has 1 saturated heterocycles. The van der Waals surface area contributed by atoms with Crippen molar-refractivity contribution < 1.29 is 14.0 Å². The maximum atomic E-state index is 11.7. The standard InChI is InChI=1S/C13H16N2O3/c16-12(6-5-11-4-3-9-18-11)14-10-13(17)15-7-1-2-8-15/h3-6,9H,1-2,7-8,10H2,(H,14,16)/b6-5+. The predicted octanol–water partition coefficient (Wildman–Crippen LogP) is 1.03. The molecule has 1 aliphatic heterocycles. The van der Waals surface area contributed by atoms with E-state index < -0.39 is 0 Å². The summed E-state index contributed by atoms with van der Waals surface area (Å²) >= 11 is 0. The number of hydrogen-bond donors (Lipinski definition) is 1. The minimum Gasteiger partial charge on any atom is -0.465 e. The van der Waals surface area contributed by atoms with Gasteiger partial charge in [-0.25, -0.2) is 0 Å². The maximum Gasteiger partial charge on any atom is 0.244 e. The van der Waals surface area contributed by atoms with Gasteiger partial charge in [0.15, 0.2) is 0 Å². The molecular weight excluding hydrogens is 232 g/mol. The molecule has 1 aromatic heterocycles. The predicted molar refractivity (Wildman–Crippen MR) is 66.6 cm³/mol. The van der Waals surface area contributed by atoms with Crippen LogP contribution >= 0.6 is 0 Å². The fraction of sp³-hybridized carbons (Fsp3) is 0.385. The van der Waals surface area contributed by atoms with Gasteiger partial charge in [0.2, 0.25) is 11.8 Å². The zero-order valence-corrected chi connectivity index (χ0v) is 10.1. The molecule has 18 heavy (non-hydrogen) atoms. The van der Waals surface area contributed by atoms with Crippen LogP contribution in [0.2, 0.25) is 0 Å². The van der Waals surface area contributed by atoms with Crippen LogP contribution in [0.5, 0.6) is 0 Å². The quantitative estimate of drug-likeness (QED) is 0.809. The first-order chi connectivity index (χ1) is 8.75. The van der Waals surface area contributed by atoms with Gasteiger partial charge >= 0.3 is 0 Å². The minimum absolute atomic E-state index is 0.0211. The second-order valence-corrected chi connectivity index (χ2v) is 4.15. The molecule has 5 nitrogen and oxygen atoms in total. The molecule has 0 aliphatic carbocycles. The first-order valence-corrected chi connectivity index (χ1v) is 6.03. The lowest BCUT2D eigenvalue weighted by Gasteiger charge is -2.14. The smallest absolute Gasteiger partial charge is 0.244 e. The molecule has 1 aromatic rings. The summed E-state index contributed by atoms with van der Waals surface area (Å²) in [6.07, 6.45) is 6.57. The molecule has 0 saturated carbocycles. The Labute approximate surface area is 105 Å². The van der Waals surface area contributed by atoms with Crippen molar-refractivity contribution >= 4 is 17.9 Å². The molecule has 2 amide bonds. The lowest BCUT2D eigenvalue weighted by atomic mass is 10.4. The summed E-state index contributed by atoms with van der Waals surface area (Å²) < 4.78 is 5.05. The van der Waals surface area contributed by atoms with Crippen LogP contribution in [0.15, 0.2) is 28.9 Å². The Balaban J connectivity index is 1.73. The normalized spacial score (nSPS) is 15.2. The third kappa shape index (κ3) is 3.48. The van der Waals surface area contributed by atoms with Crippen LogP contribution < -0.4 is 5.32 Å². The molecular formula is C13H16N2O3. The highest BCUT2D eigenvalue weighted by Gasteiger charge is 2.17. The molecule has 1 fully saturated rings. The number of carbonyl (C=O) groups is 2. The largest absolute Gasteiger partial charge is 0.465 e. The molecule has 0 radical (unpaired) electrons. The molecule has 0 spiro atoms. The van der Waals surface area contributed by atoms with Crippen molar-refractivity contribution in [1.82, 2.24) is 10.2 Å². The number of likely N-dealkylation sites (tertiary alicyclic amines) is 1. The first kappa shape index (κ1) is 12.4. The van der Waals surface area contributed by atoms with Crippen LogP contribution in [0.4, 0.5) is 0 Å². The van der Waals surface area contributed by atoms with Crippen molar-refractivity contribution in [1.29, 1.82) is 0 Å². The average molecular weight is 248 g/mol. The van der Waals surface area contributed by atoms with Gasteiger partial charge in [-0.3, -0.25) is 9.59 Å². The summed E-state index contributed by atoms with van der Waals surface area (Å²) in [6.45, 7) is 1.66. The summed E-state index contributed by atoms with van der Waals surface area (Å²) in [4.78, 5) is 24.9. The Bertz CT molecular complexity index is 431. The van der Waals surface area contributed by atoms with Gasteiger partial charge in [-0.05, 0) is 31.1 Å². The van der Waals surface area contributed by atoms with E-state index in [4.69, 9.17) is 4.42 Å². The Morgan fingerprint density at radius 1 is 1.39 bits per heavy atom. The number of nitrogens with zero attached hydrogens (tertiary/aromatic N) is 1. The third-order valence-corrected chi connectivity index (χ3v) is 2.81. The molecule has 0 aromatic carbocycles. The van der Waals surface area contributed by atoms with Crippen LogP contribution in [0, 0.1) is 0 Å². The van der Waals surface area contributed by atoms with E-state index in [-0.39, 0.29) is 18.4 Å². The number of rotatable bonds is 4. The zero-order valence-electron chi connectivity index (χ0n) is 10.1. The number of carbonyl (C=O) groups excluding carboxylic acids is 2. The molecule has 2 rings (SSSR count). The van der Waals surface area contributed by atoms with Crippen LogP contribution in [-0.4, -0.2) is 36.3 Å². The van der Waals surface area contributed by atoms with Crippen LogP contribution in [-0.2, 0) is 9.59 Å². The number of nitrogens with one attached hydrogen (secondary N) is 1. The maximum absolute atomic E-state index is 11.7. The van der Waals surface area contributed by atoms with Gasteiger partial charge in [0.1, 0.15) is 5.76 Å². The Morgan fingerprint density at radius 2 is 2.17 bits per heavy atom. The van der Waals surface area contributed by atoms with Crippen molar-refractivity contribution in [2.75, 3.05) is 19.6 Å². The van der Waals surface area contributed by atoms with Gasteiger partial charge in [0.05, 0.1) is 12.8 Å². The van der Waals surface area contributed by atoms with Crippen molar-refractivity contribution in [2.45, 2.75) is 12.8 Å². The van der Waals surface area contributed by atoms with Gasteiger partial charge in [-0.15, -0.1) is 0 Å². The van der Waals surface area contributed by atoms with E-state index in [0.29, 0.717) is 5.76 Å². The Hall–Kier alpha value is -2.04. The highest BCUT2D eigenvalue weighted by Crippen LogP contribution is 2.06. The lowest BCUT2D eigenvalue weighted by molar-refractivity contribution is -0.131. The van der Waals surface area contributed by atoms with Gasteiger partial charge < -0.3 is 14.6 Å². The molecule has 1 aliphatic rings. The van der Waals surface area contributed by atoms with Gasteiger partial charge in [0, 0.05) is 19.2 Å². The second kappa shape index (κ2) is 6.05. The van der Waals surface area contributed by atoms with Crippen LogP contribution in [0.1, 0.15) is 18.6 Å². The number of hydrogen-bond acceptors (Lipinski definition) is 3. The van der Waals surface area contributed by atoms with Crippen molar-refractivity contribution in [2.24, 2.45) is 0 Å². The summed E-state index contributed by atoms with van der Waals surface area (Å²) in [5.74, 6) is 0.294. The second-order valence-electron chi connectivity index (χ2n) is 4.15. The van der Waals surface area contributed by atoms with E-state index in [1.54, 1.807) is 23.1 Å². The molecule has 5 heteroatoms. The van der Waals surface area contributed by atoms with Crippen molar-refractivity contribution in [3.05, 3.63) is 30.2 Å². The summed E-state index contributed by atoms with van der Waals surface area (Å²) in [5, 5.41) is 2.56. The van der Waals surface area contributed by atoms with Gasteiger partial charge in [-0.2, -0.15) is 0 Å².